The predicted molar refractivity (Wildman–Crippen MR) is 162 cm³/mol. The monoisotopic (exact) mass is 596 g/mol. The third kappa shape index (κ3) is 10.6. The van der Waals surface area contributed by atoms with Crippen LogP contribution >= 0.6 is 22.9 Å². The molecule has 0 aliphatic carbocycles. The van der Waals surface area contributed by atoms with Crippen LogP contribution in [0.3, 0.4) is 0 Å². The zero-order valence-electron chi connectivity index (χ0n) is 24.5. The number of nitrogens with zero attached hydrogens (tertiary/aromatic N) is 2. The Balaban J connectivity index is 0.000000220. The largest absolute Gasteiger partial charge is 0.385 e. The smallest absolute Gasteiger partial charge is 0.125 e. The molecule has 4 rings (SSSR count). The van der Waals surface area contributed by atoms with Gasteiger partial charge in [0, 0.05) is 81.3 Å². The molecular formula is C30H49ClN4O4S. The van der Waals surface area contributed by atoms with E-state index >= 15 is 0 Å². The maximum absolute atomic E-state index is 11.3. The number of rotatable bonds is 14. The van der Waals surface area contributed by atoms with Crippen LogP contribution in [-0.4, -0.2) is 75.3 Å². The number of piperidine rings is 2. The van der Waals surface area contributed by atoms with Gasteiger partial charge in [0.1, 0.15) is 16.7 Å². The topological polar surface area (TPSA) is 97.8 Å². The molecule has 0 amide bonds. The van der Waals surface area contributed by atoms with Crippen molar-refractivity contribution >= 4 is 22.9 Å². The third-order valence-electron chi connectivity index (χ3n) is 7.71. The molecule has 2 aromatic heterocycles. The Bertz CT molecular complexity index is 955. The molecular weight excluding hydrogens is 548 g/mol. The minimum atomic E-state index is -0.778. The molecule has 2 saturated heterocycles. The quantitative estimate of drug-likeness (QED) is 0.253. The van der Waals surface area contributed by atoms with E-state index in [1.165, 1.54) is 11.3 Å². The fourth-order valence-electron chi connectivity index (χ4n) is 5.53. The van der Waals surface area contributed by atoms with Crippen molar-refractivity contribution in [3.05, 3.63) is 45.1 Å². The van der Waals surface area contributed by atoms with E-state index in [0.29, 0.717) is 17.5 Å². The number of methoxy groups -OCH3 is 2. The van der Waals surface area contributed by atoms with Gasteiger partial charge in [-0.3, -0.25) is 4.98 Å². The second kappa shape index (κ2) is 18.4. The van der Waals surface area contributed by atoms with E-state index in [1.54, 1.807) is 37.8 Å². The number of thiazole rings is 1. The van der Waals surface area contributed by atoms with Crippen LogP contribution in [-0.2, 0) is 19.8 Å². The molecule has 0 bridgehead atoms. The summed E-state index contributed by atoms with van der Waals surface area (Å²) < 4.78 is 16.3. The van der Waals surface area contributed by atoms with E-state index in [9.17, 15) is 5.11 Å². The van der Waals surface area contributed by atoms with Gasteiger partial charge < -0.3 is 30.0 Å². The summed E-state index contributed by atoms with van der Waals surface area (Å²) in [5.41, 5.74) is 0.156. The summed E-state index contributed by atoms with van der Waals surface area (Å²) in [4.78, 5) is 10.1. The first-order valence-electron chi connectivity index (χ1n) is 14.8. The zero-order chi connectivity index (χ0) is 28.6. The van der Waals surface area contributed by atoms with Gasteiger partial charge in [-0.25, -0.2) is 4.98 Å². The van der Waals surface area contributed by atoms with E-state index in [2.05, 4.69) is 20.6 Å². The summed E-state index contributed by atoms with van der Waals surface area (Å²) in [6.07, 6.45) is 11.8. The van der Waals surface area contributed by atoms with Crippen molar-refractivity contribution in [2.75, 3.05) is 60.2 Å². The zero-order valence-corrected chi connectivity index (χ0v) is 26.1. The molecule has 0 aromatic carbocycles. The first kappa shape index (κ1) is 33.3. The van der Waals surface area contributed by atoms with E-state index in [0.717, 1.165) is 95.0 Å². The molecule has 2 aliphatic rings. The highest BCUT2D eigenvalue weighted by molar-refractivity contribution is 7.11. The molecule has 2 aromatic rings. The standard InChI is InChI=1S/C15H23ClN2O2.C15H26N2O2S/c1-19-8-3-9-20-15(12-4-2-6-17-11-12)14-10-13(16)5-7-18-14;1-12-10-17-14(20-12)15(18,7-3-4-9-19-2)13-6-5-8-16-11-13/h5,7,10,12,15,17H,2-4,6,8-9,11H2,1H3;10,13,16,18H,3-9,11H2,1-2H3/t12-,15-;13-,15+/m11/s1. The van der Waals surface area contributed by atoms with Crippen LogP contribution in [0.5, 0.6) is 0 Å². The van der Waals surface area contributed by atoms with Crippen LogP contribution in [0.2, 0.25) is 5.02 Å². The van der Waals surface area contributed by atoms with Crippen LogP contribution in [0.1, 0.15) is 73.0 Å². The summed E-state index contributed by atoms with van der Waals surface area (Å²) >= 11 is 7.71. The first-order valence-corrected chi connectivity index (χ1v) is 15.9. The number of unbranched alkanes of at least 4 members (excludes halogenated alkanes) is 1. The van der Waals surface area contributed by atoms with Crippen molar-refractivity contribution in [1.29, 1.82) is 0 Å². The predicted octanol–water partition coefficient (Wildman–Crippen LogP) is 5.28. The highest BCUT2D eigenvalue weighted by Crippen LogP contribution is 2.40. The molecule has 0 unspecified atom stereocenters. The summed E-state index contributed by atoms with van der Waals surface area (Å²) in [7, 11) is 3.43. The average Bonchev–Trinajstić information content (AvgIpc) is 3.43. The molecule has 4 atom stereocenters. The molecule has 10 heteroatoms. The van der Waals surface area contributed by atoms with Gasteiger partial charge in [-0.05, 0) is 83.5 Å². The number of aromatic nitrogens is 2. The van der Waals surface area contributed by atoms with Gasteiger partial charge in [-0.1, -0.05) is 11.6 Å². The Labute approximate surface area is 249 Å². The van der Waals surface area contributed by atoms with Crippen molar-refractivity contribution in [3.63, 3.8) is 0 Å². The number of aryl methyl sites for hydroxylation is 1. The number of hydrogen-bond donors (Lipinski definition) is 3. The van der Waals surface area contributed by atoms with Gasteiger partial charge in [0.2, 0.25) is 0 Å². The number of nitrogens with one attached hydrogen (secondary N) is 2. The average molecular weight is 597 g/mol. The van der Waals surface area contributed by atoms with Gasteiger partial charge in [0.25, 0.3) is 0 Å². The Hall–Kier alpha value is -1.17. The van der Waals surface area contributed by atoms with Crippen molar-refractivity contribution in [1.82, 2.24) is 20.6 Å². The molecule has 40 heavy (non-hydrogen) atoms. The first-order chi connectivity index (χ1) is 19.5. The van der Waals surface area contributed by atoms with Crippen LogP contribution < -0.4 is 10.6 Å². The lowest BCUT2D eigenvalue weighted by Crippen LogP contribution is -2.44. The van der Waals surface area contributed by atoms with Crippen molar-refractivity contribution in [2.45, 2.75) is 70.0 Å². The van der Waals surface area contributed by atoms with Crippen molar-refractivity contribution < 1.29 is 19.3 Å². The highest BCUT2D eigenvalue weighted by atomic mass is 35.5. The number of pyridine rings is 1. The summed E-state index contributed by atoms with van der Waals surface area (Å²) in [5.74, 6) is 0.724. The molecule has 4 heterocycles. The molecule has 8 nitrogen and oxygen atoms in total. The molecule has 0 spiro atoms. The summed E-state index contributed by atoms with van der Waals surface area (Å²) in [6, 6.07) is 3.71. The lowest BCUT2D eigenvalue weighted by molar-refractivity contribution is -0.0435. The van der Waals surface area contributed by atoms with Gasteiger partial charge in [-0.15, -0.1) is 11.3 Å². The number of hydrogen-bond acceptors (Lipinski definition) is 9. The SMILES string of the molecule is COCCCC[C@@](O)(c1ncc(C)s1)[C@@H]1CCCNC1.COCCCO[C@@H](c1cc(Cl)ccn1)[C@@H]1CCCNC1. The van der Waals surface area contributed by atoms with Crippen molar-refractivity contribution in [2.24, 2.45) is 11.8 Å². The lowest BCUT2D eigenvalue weighted by Gasteiger charge is -2.37. The van der Waals surface area contributed by atoms with Gasteiger partial charge in [0.05, 0.1) is 5.69 Å². The van der Waals surface area contributed by atoms with E-state index in [4.69, 9.17) is 25.8 Å². The van der Waals surface area contributed by atoms with Gasteiger partial charge in [0.15, 0.2) is 0 Å². The lowest BCUT2D eigenvalue weighted by atomic mass is 9.79. The summed E-state index contributed by atoms with van der Waals surface area (Å²) in [6.45, 7) is 8.23. The Morgan fingerprint density at radius 3 is 2.42 bits per heavy atom. The fourth-order valence-corrected chi connectivity index (χ4v) is 6.66. The Morgan fingerprint density at radius 2 is 1.80 bits per heavy atom. The van der Waals surface area contributed by atoms with Crippen LogP contribution in [0.25, 0.3) is 0 Å². The van der Waals surface area contributed by atoms with Crippen LogP contribution in [0, 0.1) is 18.8 Å². The molecule has 0 radical (unpaired) electrons. The van der Waals surface area contributed by atoms with Gasteiger partial charge in [-0.2, -0.15) is 0 Å². The molecule has 3 N–H and O–H groups in total. The summed E-state index contributed by atoms with van der Waals surface area (Å²) in [5, 5.41) is 19.7. The third-order valence-corrected chi connectivity index (χ3v) is 9.02. The van der Waals surface area contributed by atoms with Crippen LogP contribution in [0.15, 0.2) is 24.5 Å². The molecule has 226 valence electrons. The minimum absolute atomic E-state index is 0.0124. The number of ether oxygens (including phenoxy) is 3. The van der Waals surface area contributed by atoms with Crippen molar-refractivity contribution in [3.8, 4) is 0 Å². The normalized spacial score (nSPS) is 21.7. The Morgan fingerprint density at radius 1 is 1.05 bits per heavy atom. The van der Waals surface area contributed by atoms with E-state index < -0.39 is 5.60 Å². The number of halogens is 1. The fraction of sp³-hybridized carbons (Fsp3) is 0.733. The molecule has 2 aliphatic heterocycles. The maximum Gasteiger partial charge on any atom is 0.125 e. The minimum Gasteiger partial charge on any atom is -0.385 e. The second-order valence-electron chi connectivity index (χ2n) is 10.8. The number of aliphatic hydroxyl groups is 1. The van der Waals surface area contributed by atoms with E-state index in [-0.39, 0.29) is 12.0 Å². The second-order valence-corrected chi connectivity index (χ2v) is 12.5. The molecule has 2 fully saturated rings. The Kier molecular flexibility index (Phi) is 15.3. The van der Waals surface area contributed by atoms with E-state index in [1.807, 2.05) is 19.2 Å². The van der Waals surface area contributed by atoms with Gasteiger partial charge >= 0.3 is 0 Å². The van der Waals surface area contributed by atoms with Crippen LogP contribution in [0.4, 0.5) is 0 Å². The molecule has 0 saturated carbocycles. The highest BCUT2D eigenvalue weighted by Gasteiger charge is 2.40. The maximum atomic E-state index is 11.3.